The van der Waals surface area contributed by atoms with Crippen LogP contribution in [0.2, 0.25) is 0 Å². The number of sulfonamides is 1. The van der Waals surface area contributed by atoms with Crippen LogP contribution in [0.15, 0.2) is 51.8 Å². The summed E-state index contributed by atoms with van der Waals surface area (Å²) in [5.74, 6) is -1.13. The molecule has 0 spiro atoms. The third-order valence-electron chi connectivity index (χ3n) is 3.85. The number of rotatable bonds is 7. The largest absolute Gasteiger partial charge is 0.451 e. The predicted molar refractivity (Wildman–Crippen MR) is 110 cm³/mol. The Labute approximate surface area is 173 Å². The summed E-state index contributed by atoms with van der Waals surface area (Å²) in [6.07, 6.45) is -1.02. The van der Waals surface area contributed by atoms with Gasteiger partial charge in [0.05, 0.1) is 10.5 Å². The lowest BCUT2D eigenvalue weighted by Gasteiger charge is -2.15. The van der Waals surface area contributed by atoms with E-state index in [-0.39, 0.29) is 22.3 Å². The van der Waals surface area contributed by atoms with Crippen LogP contribution in [0.4, 0.5) is 0 Å². The van der Waals surface area contributed by atoms with Gasteiger partial charge >= 0.3 is 5.97 Å². The molecule has 0 unspecified atom stereocenters. The lowest BCUT2D eigenvalue weighted by molar-refractivity contribution is 0.0317. The summed E-state index contributed by atoms with van der Waals surface area (Å²) in [5, 5.41) is 0. The lowest BCUT2D eigenvalue weighted by Crippen LogP contribution is -2.30. The highest BCUT2D eigenvalue weighted by Gasteiger charge is 2.24. The maximum absolute atomic E-state index is 12.5. The molecule has 0 aliphatic carbocycles. The highest BCUT2D eigenvalue weighted by atomic mass is 79.9. The Balaban J connectivity index is 2.22. The maximum Gasteiger partial charge on any atom is 0.340 e. The van der Waals surface area contributed by atoms with Crippen LogP contribution in [0.5, 0.6) is 0 Å². The molecule has 28 heavy (non-hydrogen) atoms. The van der Waals surface area contributed by atoms with Gasteiger partial charge in [-0.1, -0.05) is 29.8 Å². The Morgan fingerprint density at radius 1 is 1.04 bits per heavy atom. The average molecular weight is 468 g/mol. The summed E-state index contributed by atoms with van der Waals surface area (Å²) in [7, 11) is -3.77. The summed E-state index contributed by atoms with van der Waals surface area (Å²) in [6.45, 7) is 6.78. The Kier molecular flexibility index (Phi) is 7.14. The number of halogens is 1. The summed E-state index contributed by atoms with van der Waals surface area (Å²) >= 11 is 3.23. The predicted octanol–water partition coefficient (Wildman–Crippen LogP) is 3.87. The van der Waals surface area contributed by atoms with E-state index in [1.165, 1.54) is 25.1 Å². The molecule has 150 valence electrons. The quantitative estimate of drug-likeness (QED) is 0.492. The normalized spacial score (nSPS) is 12.6. The number of benzene rings is 2. The number of Topliss-reactive ketones (excluding diaryl/α,β-unsaturated/α-hetero) is 1. The van der Waals surface area contributed by atoms with Crippen LogP contribution in [0.3, 0.4) is 0 Å². The third kappa shape index (κ3) is 5.50. The van der Waals surface area contributed by atoms with E-state index >= 15 is 0 Å². The van der Waals surface area contributed by atoms with Crippen molar-refractivity contribution in [1.82, 2.24) is 4.72 Å². The minimum Gasteiger partial charge on any atom is -0.451 e. The number of aryl methyl sites for hydroxylation is 1. The molecule has 0 amide bonds. The molecule has 0 radical (unpaired) electrons. The number of nitrogens with one attached hydrogen (secondary N) is 1. The zero-order chi connectivity index (χ0) is 21.1. The van der Waals surface area contributed by atoms with Gasteiger partial charge in [0.1, 0.15) is 0 Å². The molecule has 2 aromatic carbocycles. The van der Waals surface area contributed by atoms with Crippen LogP contribution in [0, 0.1) is 6.92 Å². The second-order valence-electron chi connectivity index (χ2n) is 6.70. The fraction of sp³-hybridized carbons (Fsp3) is 0.300. The van der Waals surface area contributed by atoms with E-state index in [1.807, 2.05) is 6.92 Å². The number of ether oxygens (including phenoxy) is 1. The Bertz CT molecular complexity index is 984. The van der Waals surface area contributed by atoms with E-state index in [4.69, 9.17) is 4.74 Å². The van der Waals surface area contributed by atoms with Gasteiger partial charge in [0.25, 0.3) is 0 Å². The van der Waals surface area contributed by atoms with Gasteiger partial charge in [0.15, 0.2) is 6.10 Å². The summed E-state index contributed by atoms with van der Waals surface area (Å²) in [4.78, 5) is 24.9. The zero-order valence-corrected chi connectivity index (χ0v) is 18.4. The SMILES string of the molecule is Cc1ccc(C(=O)[C@@H](C)OC(=O)c2cc(S(=O)(=O)NC(C)C)ccc2Br)cc1. The molecule has 0 aliphatic heterocycles. The van der Waals surface area contributed by atoms with Crippen molar-refractivity contribution in [2.24, 2.45) is 0 Å². The number of hydrogen-bond donors (Lipinski definition) is 1. The van der Waals surface area contributed by atoms with Crippen molar-refractivity contribution in [3.05, 3.63) is 63.6 Å². The van der Waals surface area contributed by atoms with E-state index in [2.05, 4.69) is 20.7 Å². The van der Waals surface area contributed by atoms with Crippen molar-refractivity contribution < 1.29 is 22.7 Å². The zero-order valence-electron chi connectivity index (χ0n) is 16.0. The first-order chi connectivity index (χ1) is 13.0. The van der Waals surface area contributed by atoms with E-state index < -0.39 is 22.1 Å². The van der Waals surface area contributed by atoms with E-state index in [1.54, 1.807) is 38.1 Å². The van der Waals surface area contributed by atoms with Crippen molar-refractivity contribution >= 4 is 37.7 Å². The highest BCUT2D eigenvalue weighted by molar-refractivity contribution is 9.10. The first-order valence-electron chi connectivity index (χ1n) is 8.65. The van der Waals surface area contributed by atoms with Crippen LogP contribution < -0.4 is 4.72 Å². The molecule has 0 saturated carbocycles. The molecular formula is C20H22BrNO5S. The average Bonchev–Trinajstić information content (AvgIpc) is 2.60. The van der Waals surface area contributed by atoms with Gasteiger partial charge in [-0.25, -0.2) is 17.9 Å². The molecule has 2 aromatic rings. The number of esters is 1. The summed E-state index contributed by atoms with van der Waals surface area (Å²) in [5.41, 5.74) is 1.47. The fourth-order valence-electron chi connectivity index (χ4n) is 2.44. The van der Waals surface area contributed by atoms with Crippen LogP contribution in [0.1, 0.15) is 47.1 Å². The molecule has 8 heteroatoms. The minimum absolute atomic E-state index is 0.0233. The second-order valence-corrected chi connectivity index (χ2v) is 9.26. The first-order valence-corrected chi connectivity index (χ1v) is 10.9. The molecule has 6 nitrogen and oxygen atoms in total. The molecule has 1 N–H and O–H groups in total. The maximum atomic E-state index is 12.5. The smallest absolute Gasteiger partial charge is 0.340 e. The molecule has 1 atom stereocenters. The Morgan fingerprint density at radius 3 is 2.21 bits per heavy atom. The number of hydrogen-bond acceptors (Lipinski definition) is 5. The van der Waals surface area contributed by atoms with E-state index in [0.29, 0.717) is 10.0 Å². The molecule has 0 fully saturated rings. The number of ketones is 1. The van der Waals surface area contributed by atoms with E-state index in [9.17, 15) is 18.0 Å². The van der Waals surface area contributed by atoms with Crippen LogP contribution in [-0.2, 0) is 14.8 Å². The van der Waals surface area contributed by atoms with Gasteiger partial charge in [-0.3, -0.25) is 4.79 Å². The van der Waals surface area contributed by atoms with Gasteiger partial charge < -0.3 is 4.74 Å². The molecule has 0 saturated heterocycles. The van der Waals surface area contributed by atoms with Gasteiger partial charge in [-0.15, -0.1) is 0 Å². The topological polar surface area (TPSA) is 89.5 Å². The van der Waals surface area contributed by atoms with Crippen LogP contribution >= 0.6 is 15.9 Å². The fourth-order valence-corrected chi connectivity index (χ4v) is 4.12. The van der Waals surface area contributed by atoms with Gasteiger partial charge in [0, 0.05) is 16.1 Å². The monoisotopic (exact) mass is 467 g/mol. The van der Waals surface area contributed by atoms with Crippen LogP contribution in [-0.4, -0.2) is 32.3 Å². The highest BCUT2D eigenvalue weighted by Crippen LogP contribution is 2.23. The molecule has 0 heterocycles. The van der Waals surface area contributed by atoms with Crippen molar-refractivity contribution in [1.29, 1.82) is 0 Å². The van der Waals surface area contributed by atoms with E-state index in [0.717, 1.165) is 5.56 Å². The molecule has 0 aromatic heterocycles. The Morgan fingerprint density at radius 2 is 1.64 bits per heavy atom. The minimum atomic E-state index is -3.77. The molecule has 0 bridgehead atoms. The first kappa shape index (κ1) is 22.3. The van der Waals surface area contributed by atoms with Crippen molar-refractivity contribution in [3.8, 4) is 0 Å². The molecule has 2 rings (SSSR count). The summed E-state index contributed by atoms with van der Waals surface area (Å²) in [6, 6.07) is 10.7. The lowest BCUT2D eigenvalue weighted by atomic mass is 10.1. The molecular weight excluding hydrogens is 446 g/mol. The van der Waals surface area contributed by atoms with Crippen molar-refractivity contribution in [3.63, 3.8) is 0 Å². The number of carbonyl (C=O) groups excluding carboxylic acids is 2. The standard InChI is InChI=1S/C20H22BrNO5S/c1-12(2)22-28(25,26)16-9-10-18(21)17(11-16)20(24)27-14(4)19(23)15-7-5-13(3)6-8-15/h5-12,14,22H,1-4H3/t14-/m1/s1. The molecule has 0 aliphatic rings. The van der Waals surface area contributed by atoms with Gasteiger partial charge in [-0.2, -0.15) is 0 Å². The summed E-state index contributed by atoms with van der Waals surface area (Å²) < 4.78 is 32.8. The third-order valence-corrected chi connectivity index (χ3v) is 6.20. The number of carbonyl (C=O) groups is 2. The Hall–Kier alpha value is -2.03. The van der Waals surface area contributed by atoms with Gasteiger partial charge in [0.2, 0.25) is 15.8 Å². The van der Waals surface area contributed by atoms with Crippen LogP contribution in [0.25, 0.3) is 0 Å². The van der Waals surface area contributed by atoms with Gasteiger partial charge in [-0.05, 0) is 61.8 Å². The van der Waals surface area contributed by atoms with Crippen molar-refractivity contribution in [2.75, 3.05) is 0 Å². The second kappa shape index (κ2) is 8.98. The van der Waals surface area contributed by atoms with Crippen molar-refractivity contribution in [2.45, 2.75) is 44.7 Å².